The van der Waals surface area contributed by atoms with Gasteiger partial charge in [0.15, 0.2) is 0 Å². The molecule has 1 amide bonds. The molecule has 100 valence electrons. The number of aromatic amines is 1. The largest absolute Gasteiger partial charge is 0.383 e. The van der Waals surface area contributed by atoms with Crippen molar-refractivity contribution in [2.75, 3.05) is 40.5 Å². The molecule has 0 fully saturated rings. The molecule has 18 heavy (non-hydrogen) atoms. The number of carbonyl (C=O) groups is 1. The zero-order chi connectivity index (χ0) is 13.4. The van der Waals surface area contributed by atoms with Crippen LogP contribution in [0.2, 0.25) is 0 Å². The number of H-pyrrole nitrogens is 1. The Labute approximate surface area is 105 Å². The lowest BCUT2D eigenvalue weighted by atomic mass is 10.3. The molecule has 0 spiro atoms. The van der Waals surface area contributed by atoms with Crippen molar-refractivity contribution in [2.24, 2.45) is 0 Å². The molecule has 0 aliphatic heterocycles. The lowest BCUT2D eigenvalue weighted by Gasteiger charge is -2.21. The van der Waals surface area contributed by atoms with Gasteiger partial charge in [0.1, 0.15) is 5.69 Å². The topological polar surface area (TPSA) is 84.5 Å². The van der Waals surface area contributed by atoms with E-state index in [2.05, 4.69) is 9.97 Å². The predicted octanol–water partition coefficient (Wildman–Crippen LogP) is -0.495. The average Bonchev–Trinajstić information content (AvgIpc) is 2.39. The second kappa shape index (κ2) is 7.57. The Morgan fingerprint density at radius 2 is 1.94 bits per heavy atom. The van der Waals surface area contributed by atoms with E-state index >= 15 is 0 Å². The van der Waals surface area contributed by atoms with E-state index in [-0.39, 0.29) is 17.2 Å². The average molecular weight is 255 g/mol. The van der Waals surface area contributed by atoms with Gasteiger partial charge >= 0.3 is 0 Å². The summed E-state index contributed by atoms with van der Waals surface area (Å²) < 4.78 is 9.89. The van der Waals surface area contributed by atoms with Crippen molar-refractivity contribution in [1.82, 2.24) is 14.9 Å². The molecular weight excluding hydrogens is 238 g/mol. The highest BCUT2D eigenvalue weighted by Crippen LogP contribution is 1.99. The summed E-state index contributed by atoms with van der Waals surface area (Å²) in [5.41, 5.74) is -0.145. The van der Waals surface area contributed by atoms with Gasteiger partial charge in [-0.15, -0.1) is 0 Å². The van der Waals surface area contributed by atoms with Crippen molar-refractivity contribution < 1.29 is 14.3 Å². The number of aromatic nitrogens is 2. The van der Waals surface area contributed by atoms with Gasteiger partial charge in [-0.05, 0) is 0 Å². The first-order chi connectivity index (χ1) is 8.69. The highest BCUT2D eigenvalue weighted by Gasteiger charge is 2.16. The van der Waals surface area contributed by atoms with Gasteiger partial charge in [0.25, 0.3) is 11.5 Å². The first-order valence-electron chi connectivity index (χ1n) is 5.51. The molecule has 1 N–H and O–H groups in total. The maximum atomic E-state index is 12.1. The number of hydrogen-bond acceptors (Lipinski definition) is 5. The van der Waals surface area contributed by atoms with Gasteiger partial charge in [0.05, 0.1) is 19.4 Å². The molecule has 0 aliphatic rings. The Kier molecular flexibility index (Phi) is 6.03. The normalized spacial score (nSPS) is 10.3. The van der Waals surface area contributed by atoms with E-state index in [0.717, 1.165) is 6.20 Å². The summed E-state index contributed by atoms with van der Waals surface area (Å²) in [5, 5.41) is 0. The predicted molar refractivity (Wildman–Crippen MR) is 64.5 cm³/mol. The zero-order valence-electron chi connectivity index (χ0n) is 10.5. The van der Waals surface area contributed by atoms with Crippen LogP contribution in [0.4, 0.5) is 0 Å². The fourth-order valence-electron chi connectivity index (χ4n) is 1.34. The number of rotatable bonds is 7. The van der Waals surface area contributed by atoms with E-state index < -0.39 is 0 Å². The van der Waals surface area contributed by atoms with Crippen molar-refractivity contribution in [3.8, 4) is 0 Å². The summed E-state index contributed by atoms with van der Waals surface area (Å²) in [5.74, 6) is -0.264. The molecule has 1 rings (SSSR count). The second-order valence-corrected chi connectivity index (χ2v) is 3.57. The van der Waals surface area contributed by atoms with Crippen LogP contribution in [0.1, 0.15) is 10.5 Å². The molecule has 0 aromatic carbocycles. The van der Waals surface area contributed by atoms with Crippen LogP contribution in [0, 0.1) is 0 Å². The van der Waals surface area contributed by atoms with Gasteiger partial charge in [-0.3, -0.25) is 9.59 Å². The van der Waals surface area contributed by atoms with E-state index in [1.54, 1.807) is 19.1 Å². The van der Waals surface area contributed by atoms with Crippen LogP contribution >= 0.6 is 0 Å². The first-order valence-corrected chi connectivity index (χ1v) is 5.51. The van der Waals surface area contributed by atoms with E-state index in [1.165, 1.54) is 6.20 Å². The fraction of sp³-hybridized carbons (Fsp3) is 0.545. The van der Waals surface area contributed by atoms with Crippen molar-refractivity contribution in [3.05, 3.63) is 28.4 Å². The third kappa shape index (κ3) is 4.27. The van der Waals surface area contributed by atoms with E-state index in [1.807, 2.05) is 0 Å². The van der Waals surface area contributed by atoms with Crippen LogP contribution in [-0.2, 0) is 9.47 Å². The molecular formula is C11H17N3O4. The number of hydrogen-bond donors (Lipinski definition) is 1. The Hall–Kier alpha value is -1.73. The lowest BCUT2D eigenvalue weighted by Crippen LogP contribution is -2.37. The zero-order valence-corrected chi connectivity index (χ0v) is 10.5. The summed E-state index contributed by atoms with van der Waals surface area (Å²) in [6, 6.07) is 0. The number of carbonyl (C=O) groups excluding carboxylic acids is 1. The monoisotopic (exact) mass is 255 g/mol. The Morgan fingerprint density at radius 1 is 1.33 bits per heavy atom. The summed E-state index contributed by atoms with van der Waals surface area (Å²) in [6.45, 7) is 1.75. The number of nitrogens with zero attached hydrogens (tertiary/aromatic N) is 2. The van der Waals surface area contributed by atoms with Gasteiger partial charge in [0.2, 0.25) is 0 Å². The molecule has 0 aliphatic carbocycles. The maximum Gasteiger partial charge on any atom is 0.274 e. The van der Waals surface area contributed by atoms with Gasteiger partial charge in [-0.1, -0.05) is 0 Å². The molecule has 0 unspecified atom stereocenters. The van der Waals surface area contributed by atoms with Crippen molar-refractivity contribution in [2.45, 2.75) is 0 Å². The highest BCUT2D eigenvalue weighted by atomic mass is 16.5. The molecule has 0 atom stereocenters. The van der Waals surface area contributed by atoms with Crippen molar-refractivity contribution in [3.63, 3.8) is 0 Å². The molecule has 1 aromatic rings. The van der Waals surface area contributed by atoms with Crippen LogP contribution in [0.5, 0.6) is 0 Å². The lowest BCUT2D eigenvalue weighted by molar-refractivity contribution is 0.0621. The minimum atomic E-state index is -0.341. The molecule has 7 nitrogen and oxygen atoms in total. The van der Waals surface area contributed by atoms with Crippen LogP contribution in [0.15, 0.2) is 17.2 Å². The quantitative estimate of drug-likeness (QED) is 0.710. The van der Waals surface area contributed by atoms with Gasteiger partial charge in [0, 0.05) is 33.5 Å². The van der Waals surface area contributed by atoms with E-state index in [9.17, 15) is 9.59 Å². The molecule has 1 heterocycles. The Morgan fingerprint density at radius 3 is 2.39 bits per heavy atom. The SMILES string of the molecule is COCCN(CCOC)C(=O)c1c[nH]c(=O)cn1. The molecule has 0 saturated heterocycles. The van der Waals surface area contributed by atoms with Crippen LogP contribution in [-0.4, -0.2) is 61.3 Å². The molecule has 7 heteroatoms. The van der Waals surface area contributed by atoms with Crippen LogP contribution < -0.4 is 5.56 Å². The van der Waals surface area contributed by atoms with E-state index in [4.69, 9.17) is 9.47 Å². The number of ether oxygens (including phenoxy) is 2. The second-order valence-electron chi connectivity index (χ2n) is 3.57. The van der Waals surface area contributed by atoms with Crippen LogP contribution in [0.25, 0.3) is 0 Å². The summed E-state index contributed by atoms with van der Waals surface area (Å²) >= 11 is 0. The maximum absolute atomic E-state index is 12.1. The third-order valence-electron chi connectivity index (χ3n) is 2.31. The molecule has 0 radical (unpaired) electrons. The van der Waals surface area contributed by atoms with Crippen molar-refractivity contribution in [1.29, 1.82) is 0 Å². The number of amides is 1. The summed E-state index contributed by atoms with van der Waals surface area (Å²) in [4.78, 5) is 30.8. The van der Waals surface area contributed by atoms with Gasteiger partial charge in [-0.25, -0.2) is 4.98 Å². The standard InChI is InChI=1S/C11H17N3O4/c1-17-5-3-14(4-6-18-2)11(16)9-7-13-10(15)8-12-9/h7-8H,3-6H2,1-2H3,(H,13,15). The summed E-state index contributed by atoms with van der Waals surface area (Å²) in [6.07, 6.45) is 2.38. The molecule has 0 bridgehead atoms. The molecule has 0 saturated carbocycles. The highest BCUT2D eigenvalue weighted by molar-refractivity contribution is 5.91. The van der Waals surface area contributed by atoms with Gasteiger partial charge in [-0.2, -0.15) is 0 Å². The number of nitrogens with one attached hydrogen (secondary N) is 1. The minimum absolute atomic E-state index is 0.196. The van der Waals surface area contributed by atoms with E-state index in [0.29, 0.717) is 26.3 Å². The van der Waals surface area contributed by atoms with Crippen molar-refractivity contribution >= 4 is 5.91 Å². The molecule has 1 aromatic heterocycles. The third-order valence-corrected chi connectivity index (χ3v) is 2.31. The Balaban J connectivity index is 2.73. The van der Waals surface area contributed by atoms with Gasteiger partial charge < -0.3 is 19.4 Å². The first kappa shape index (κ1) is 14.3. The minimum Gasteiger partial charge on any atom is -0.383 e. The number of methoxy groups -OCH3 is 2. The van der Waals surface area contributed by atoms with Crippen LogP contribution in [0.3, 0.4) is 0 Å². The smallest absolute Gasteiger partial charge is 0.274 e. The Bertz CT molecular complexity index is 404. The summed E-state index contributed by atoms with van der Waals surface area (Å²) in [7, 11) is 3.13. The fourth-order valence-corrected chi connectivity index (χ4v) is 1.34.